The zero-order valence-electron chi connectivity index (χ0n) is 12.3. The molecule has 0 saturated heterocycles. The van der Waals surface area contributed by atoms with Crippen LogP contribution >= 0.6 is 0 Å². The number of anilines is 1. The van der Waals surface area contributed by atoms with Gasteiger partial charge in [-0.2, -0.15) is 0 Å². The molecule has 3 nitrogen and oxygen atoms in total. The van der Waals surface area contributed by atoms with E-state index in [1.54, 1.807) is 6.07 Å². The molecule has 0 bridgehead atoms. The molecular weight excluding hydrogens is 269 g/mol. The molecule has 4 heteroatoms. The van der Waals surface area contributed by atoms with Crippen molar-refractivity contribution in [2.24, 2.45) is 0 Å². The average molecular weight is 289 g/mol. The van der Waals surface area contributed by atoms with Crippen molar-refractivity contribution < 1.29 is 14.2 Å². The number of phenolic OH excluding ortho intramolecular Hbond substituents is 1. The minimum atomic E-state index is -0.449. The Morgan fingerprint density at radius 2 is 2.00 bits per heavy atom. The molecular formula is C17H20FNO2. The molecule has 2 rings (SSSR count). The summed E-state index contributed by atoms with van der Waals surface area (Å²) in [6.07, 6.45) is 0.933. The Labute approximate surface area is 124 Å². The van der Waals surface area contributed by atoms with E-state index in [9.17, 15) is 9.50 Å². The predicted octanol–water partition coefficient (Wildman–Crippen LogP) is 4.49. The zero-order chi connectivity index (χ0) is 15.2. The summed E-state index contributed by atoms with van der Waals surface area (Å²) < 4.78 is 18.7. The first-order valence-corrected chi connectivity index (χ1v) is 7.08. The van der Waals surface area contributed by atoms with E-state index in [2.05, 4.69) is 12.2 Å². The summed E-state index contributed by atoms with van der Waals surface area (Å²) in [4.78, 5) is 0. The number of aromatic hydroxyl groups is 1. The van der Waals surface area contributed by atoms with Gasteiger partial charge in [0, 0.05) is 11.6 Å². The van der Waals surface area contributed by atoms with Gasteiger partial charge < -0.3 is 15.2 Å². The molecule has 0 aromatic heterocycles. The summed E-state index contributed by atoms with van der Waals surface area (Å²) in [6, 6.07) is 11.5. The van der Waals surface area contributed by atoms with Crippen LogP contribution in [-0.4, -0.2) is 11.7 Å². The predicted molar refractivity (Wildman–Crippen MR) is 82.3 cm³/mol. The second kappa shape index (κ2) is 6.97. The molecule has 0 fully saturated rings. The van der Waals surface area contributed by atoms with Crippen molar-refractivity contribution in [1.29, 1.82) is 0 Å². The smallest absolute Gasteiger partial charge is 0.142 e. The molecule has 2 aromatic carbocycles. The van der Waals surface area contributed by atoms with Gasteiger partial charge in [-0.3, -0.25) is 0 Å². The minimum Gasteiger partial charge on any atom is -0.507 e. The zero-order valence-corrected chi connectivity index (χ0v) is 12.3. The van der Waals surface area contributed by atoms with Gasteiger partial charge in [-0.05, 0) is 31.5 Å². The molecule has 0 saturated carbocycles. The van der Waals surface area contributed by atoms with E-state index in [4.69, 9.17) is 4.74 Å². The normalized spacial score (nSPS) is 12.0. The molecule has 0 aliphatic rings. The molecule has 0 spiro atoms. The Morgan fingerprint density at radius 3 is 2.71 bits per heavy atom. The third-order valence-electron chi connectivity index (χ3n) is 3.18. The number of ether oxygens (including phenoxy) is 1. The number of para-hydroxylation sites is 2. The van der Waals surface area contributed by atoms with Crippen LogP contribution in [0, 0.1) is 5.82 Å². The third-order valence-corrected chi connectivity index (χ3v) is 3.18. The fourth-order valence-corrected chi connectivity index (χ4v) is 2.12. The lowest BCUT2D eigenvalue weighted by atomic mass is 10.1. The number of phenols is 1. The van der Waals surface area contributed by atoms with Crippen LogP contribution in [0.1, 0.15) is 31.9 Å². The van der Waals surface area contributed by atoms with Crippen molar-refractivity contribution in [3.8, 4) is 11.5 Å². The van der Waals surface area contributed by atoms with Crippen LogP contribution in [0.4, 0.5) is 10.1 Å². The van der Waals surface area contributed by atoms with Gasteiger partial charge in [0.05, 0.1) is 18.3 Å². The second-order valence-electron chi connectivity index (χ2n) is 4.91. The van der Waals surface area contributed by atoms with Crippen LogP contribution in [-0.2, 0) is 0 Å². The molecule has 21 heavy (non-hydrogen) atoms. The minimum absolute atomic E-state index is 0.0537. The number of nitrogens with one attached hydrogen (secondary N) is 1. The number of benzene rings is 2. The summed E-state index contributed by atoms with van der Waals surface area (Å²) in [5.74, 6) is 0.268. The van der Waals surface area contributed by atoms with Gasteiger partial charge in [0.15, 0.2) is 0 Å². The maximum atomic E-state index is 13.0. The first-order chi connectivity index (χ1) is 10.1. The van der Waals surface area contributed by atoms with E-state index in [0.717, 1.165) is 23.9 Å². The fourth-order valence-electron chi connectivity index (χ4n) is 2.12. The molecule has 0 amide bonds. The summed E-state index contributed by atoms with van der Waals surface area (Å²) in [6.45, 7) is 4.60. The van der Waals surface area contributed by atoms with Crippen LogP contribution in [0.15, 0.2) is 42.5 Å². The SMILES string of the molecule is CCCOc1ccccc1NC(C)c1ccc(F)cc1O. The molecule has 2 aromatic rings. The molecule has 112 valence electrons. The second-order valence-corrected chi connectivity index (χ2v) is 4.91. The highest BCUT2D eigenvalue weighted by atomic mass is 19.1. The Bertz CT molecular complexity index is 601. The third kappa shape index (κ3) is 3.88. The van der Waals surface area contributed by atoms with Gasteiger partial charge in [-0.15, -0.1) is 0 Å². The van der Waals surface area contributed by atoms with E-state index in [0.29, 0.717) is 12.2 Å². The Kier molecular flexibility index (Phi) is 5.04. The maximum Gasteiger partial charge on any atom is 0.142 e. The molecule has 0 radical (unpaired) electrons. The quantitative estimate of drug-likeness (QED) is 0.823. The molecule has 1 atom stereocenters. The van der Waals surface area contributed by atoms with E-state index >= 15 is 0 Å². The first-order valence-electron chi connectivity index (χ1n) is 7.08. The van der Waals surface area contributed by atoms with Gasteiger partial charge >= 0.3 is 0 Å². The lowest BCUT2D eigenvalue weighted by molar-refractivity contribution is 0.318. The first kappa shape index (κ1) is 15.2. The Morgan fingerprint density at radius 1 is 1.24 bits per heavy atom. The number of halogens is 1. The van der Waals surface area contributed by atoms with Crippen molar-refractivity contribution in [2.45, 2.75) is 26.3 Å². The summed E-state index contributed by atoms with van der Waals surface area (Å²) >= 11 is 0. The van der Waals surface area contributed by atoms with Crippen LogP contribution in [0.3, 0.4) is 0 Å². The molecule has 0 aliphatic carbocycles. The largest absolute Gasteiger partial charge is 0.507 e. The van der Waals surface area contributed by atoms with Crippen molar-refractivity contribution >= 4 is 5.69 Å². The molecule has 1 unspecified atom stereocenters. The van der Waals surface area contributed by atoms with E-state index in [-0.39, 0.29) is 11.8 Å². The van der Waals surface area contributed by atoms with E-state index < -0.39 is 5.82 Å². The summed E-state index contributed by atoms with van der Waals surface area (Å²) in [7, 11) is 0. The van der Waals surface area contributed by atoms with Crippen LogP contribution < -0.4 is 10.1 Å². The molecule has 2 N–H and O–H groups in total. The number of hydrogen-bond donors (Lipinski definition) is 2. The van der Waals surface area contributed by atoms with E-state index in [1.807, 2.05) is 31.2 Å². The monoisotopic (exact) mass is 289 g/mol. The van der Waals surface area contributed by atoms with Crippen molar-refractivity contribution in [2.75, 3.05) is 11.9 Å². The van der Waals surface area contributed by atoms with Gasteiger partial charge in [0.1, 0.15) is 17.3 Å². The van der Waals surface area contributed by atoms with Gasteiger partial charge in [-0.1, -0.05) is 25.1 Å². The lowest BCUT2D eigenvalue weighted by Crippen LogP contribution is -2.09. The highest BCUT2D eigenvalue weighted by Gasteiger charge is 2.13. The highest BCUT2D eigenvalue weighted by molar-refractivity contribution is 5.58. The van der Waals surface area contributed by atoms with Crippen LogP contribution in [0.2, 0.25) is 0 Å². The lowest BCUT2D eigenvalue weighted by Gasteiger charge is -2.19. The van der Waals surface area contributed by atoms with Crippen molar-refractivity contribution in [3.05, 3.63) is 53.8 Å². The Hall–Kier alpha value is -2.23. The highest BCUT2D eigenvalue weighted by Crippen LogP contribution is 2.31. The molecule has 0 heterocycles. The summed E-state index contributed by atoms with van der Waals surface area (Å²) in [5.41, 5.74) is 1.49. The van der Waals surface area contributed by atoms with Gasteiger partial charge in [0.25, 0.3) is 0 Å². The van der Waals surface area contributed by atoms with Crippen LogP contribution in [0.5, 0.6) is 11.5 Å². The number of hydrogen-bond acceptors (Lipinski definition) is 3. The topological polar surface area (TPSA) is 41.5 Å². The van der Waals surface area contributed by atoms with Gasteiger partial charge in [0.2, 0.25) is 0 Å². The maximum absolute atomic E-state index is 13.0. The standard InChI is InChI=1S/C17H20FNO2/c1-3-10-21-17-7-5-4-6-15(17)19-12(2)14-9-8-13(18)11-16(14)20/h4-9,11-12,19-20H,3,10H2,1-2H3. The average Bonchev–Trinajstić information content (AvgIpc) is 2.46. The van der Waals surface area contributed by atoms with Crippen molar-refractivity contribution in [1.82, 2.24) is 0 Å². The summed E-state index contributed by atoms with van der Waals surface area (Å²) in [5, 5.41) is 13.1. The Balaban J connectivity index is 2.17. The fraction of sp³-hybridized carbons (Fsp3) is 0.294. The molecule has 0 aliphatic heterocycles. The number of rotatable bonds is 6. The van der Waals surface area contributed by atoms with E-state index in [1.165, 1.54) is 6.07 Å². The van der Waals surface area contributed by atoms with Gasteiger partial charge in [-0.25, -0.2) is 4.39 Å². The van der Waals surface area contributed by atoms with Crippen molar-refractivity contribution in [3.63, 3.8) is 0 Å². The van der Waals surface area contributed by atoms with Crippen LogP contribution in [0.25, 0.3) is 0 Å².